The lowest BCUT2D eigenvalue weighted by Gasteiger charge is -2.07. The Morgan fingerprint density at radius 1 is 1.28 bits per heavy atom. The van der Waals surface area contributed by atoms with E-state index in [1.807, 2.05) is 6.92 Å². The van der Waals surface area contributed by atoms with Gasteiger partial charge in [0.1, 0.15) is 5.75 Å². The van der Waals surface area contributed by atoms with Crippen LogP contribution in [0.1, 0.15) is 5.69 Å². The van der Waals surface area contributed by atoms with Crippen LogP contribution in [0.3, 0.4) is 0 Å². The van der Waals surface area contributed by atoms with Gasteiger partial charge in [0.2, 0.25) is 5.91 Å². The minimum Gasteiger partial charge on any atom is -0.324 e. The van der Waals surface area contributed by atoms with Crippen molar-refractivity contribution in [2.45, 2.75) is 11.8 Å². The third kappa shape index (κ3) is 3.64. The first kappa shape index (κ1) is 17.4. The second kappa shape index (κ2) is 6.45. The van der Waals surface area contributed by atoms with E-state index in [4.69, 9.17) is 11.6 Å². The fraction of sp³-hybridized carbons (Fsp3) is 0.188. The van der Waals surface area contributed by atoms with Gasteiger partial charge in [-0.05, 0) is 37.3 Å². The lowest BCUT2D eigenvalue weighted by Crippen LogP contribution is -2.23. The van der Waals surface area contributed by atoms with E-state index in [1.165, 1.54) is 30.5 Å². The standard InChI is InChI=1S/C16H15ClN4O3S/c1-10-14-7-12(8-18-16(14)21(2)20-10)19-15(22)9-25(23,24)13-5-3-11(17)4-6-13/h3-8H,9H2,1-2H3,(H,19,22). The number of benzene rings is 1. The quantitative estimate of drug-likeness (QED) is 0.752. The number of amides is 1. The van der Waals surface area contributed by atoms with Crippen LogP contribution in [0.2, 0.25) is 5.02 Å². The molecule has 0 bridgehead atoms. The van der Waals surface area contributed by atoms with Gasteiger partial charge in [-0.1, -0.05) is 11.6 Å². The highest BCUT2D eigenvalue weighted by Gasteiger charge is 2.20. The maximum atomic E-state index is 12.3. The van der Waals surface area contributed by atoms with Gasteiger partial charge in [-0.15, -0.1) is 0 Å². The number of pyridine rings is 1. The molecule has 0 aliphatic heterocycles. The summed E-state index contributed by atoms with van der Waals surface area (Å²) in [6, 6.07) is 7.40. The van der Waals surface area contributed by atoms with Crippen molar-refractivity contribution in [3.63, 3.8) is 0 Å². The van der Waals surface area contributed by atoms with Gasteiger partial charge in [0.15, 0.2) is 15.5 Å². The average Bonchev–Trinajstić information content (AvgIpc) is 2.81. The number of anilines is 1. The molecule has 1 N–H and O–H groups in total. The number of nitrogens with one attached hydrogen (secondary N) is 1. The summed E-state index contributed by atoms with van der Waals surface area (Å²) in [5.74, 6) is -1.31. The monoisotopic (exact) mass is 378 g/mol. The molecule has 1 amide bonds. The summed E-state index contributed by atoms with van der Waals surface area (Å²) in [5, 5.41) is 8.03. The molecule has 3 rings (SSSR count). The molecule has 2 aromatic heterocycles. The first-order chi connectivity index (χ1) is 11.8. The normalized spacial score (nSPS) is 11.6. The molecule has 0 fully saturated rings. The van der Waals surface area contributed by atoms with Crippen LogP contribution in [0, 0.1) is 6.92 Å². The molecule has 0 spiro atoms. The van der Waals surface area contributed by atoms with E-state index < -0.39 is 21.5 Å². The minimum absolute atomic E-state index is 0.0451. The van der Waals surface area contributed by atoms with Gasteiger partial charge in [0.25, 0.3) is 0 Å². The number of hydrogen-bond donors (Lipinski definition) is 1. The van der Waals surface area contributed by atoms with Gasteiger partial charge < -0.3 is 5.32 Å². The molecule has 1 aromatic carbocycles. The van der Waals surface area contributed by atoms with Crippen molar-refractivity contribution < 1.29 is 13.2 Å². The van der Waals surface area contributed by atoms with Crippen LogP contribution >= 0.6 is 11.6 Å². The number of fused-ring (bicyclic) bond motifs is 1. The molecule has 2 heterocycles. The van der Waals surface area contributed by atoms with E-state index in [-0.39, 0.29) is 4.90 Å². The van der Waals surface area contributed by atoms with Crippen molar-refractivity contribution in [1.29, 1.82) is 0 Å². The Bertz CT molecular complexity index is 1060. The molecule has 0 atom stereocenters. The fourth-order valence-corrected chi connectivity index (χ4v) is 3.73. The van der Waals surface area contributed by atoms with Gasteiger partial charge in [-0.25, -0.2) is 13.4 Å². The smallest absolute Gasteiger partial charge is 0.240 e. The Morgan fingerprint density at radius 2 is 1.96 bits per heavy atom. The SMILES string of the molecule is Cc1nn(C)c2ncc(NC(=O)CS(=O)(=O)c3ccc(Cl)cc3)cc12. The zero-order chi connectivity index (χ0) is 18.2. The summed E-state index contributed by atoms with van der Waals surface area (Å²) in [5.41, 5.74) is 1.87. The molecule has 9 heteroatoms. The van der Waals surface area contributed by atoms with Crippen LogP contribution in [-0.4, -0.2) is 34.8 Å². The van der Waals surface area contributed by atoms with Crippen LogP contribution in [0.4, 0.5) is 5.69 Å². The third-order valence-electron chi connectivity index (χ3n) is 3.64. The summed E-state index contributed by atoms with van der Waals surface area (Å²) in [4.78, 5) is 16.4. The van der Waals surface area contributed by atoms with Crippen LogP contribution in [-0.2, 0) is 21.7 Å². The molecule has 0 unspecified atom stereocenters. The number of sulfone groups is 1. The van der Waals surface area contributed by atoms with Crippen molar-refractivity contribution in [2.24, 2.45) is 7.05 Å². The Hall–Kier alpha value is -2.45. The maximum Gasteiger partial charge on any atom is 0.240 e. The van der Waals surface area contributed by atoms with Crippen molar-refractivity contribution in [1.82, 2.24) is 14.8 Å². The number of carbonyl (C=O) groups excluding carboxylic acids is 1. The Labute approximate surface area is 149 Å². The first-order valence-electron chi connectivity index (χ1n) is 7.34. The van der Waals surface area contributed by atoms with Crippen molar-refractivity contribution >= 4 is 44.1 Å². The molecular weight excluding hydrogens is 364 g/mol. The van der Waals surface area contributed by atoms with E-state index in [0.717, 1.165) is 11.1 Å². The number of aryl methyl sites for hydroxylation is 2. The Kier molecular flexibility index (Phi) is 4.49. The summed E-state index contributed by atoms with van der Waals surface area (Å²) in [6.45, 7) is 1.83. The molecule has 0 aliphatic rings. The first-order valence-corrected chi connectivity index (χ1v) is 9.37. The van der Waals surface area contributed by atoms with Gasteiger partial charge in [0, 0.05) is 17.5 Å². The van der Waals surface area contributed by atoms with Crippen LogP contribution in [0.15, 0.2) is 41.4 Å². The van der Waals surface area contributed by atoms with Crippen molar-refractivity contribution in [2.75, 3.05) is 11.1 Å². The summed E-state index contributed by atoms with van der Waals surface area (Å²) in [6.07, 6.45) is 1.47. The summed E-state index contributed by atoms with van der Waals surface area (Å²) < 4.78 is 26.2. The molecule has 130 valence electrons. The minimum atomic E-state index is -3.75. The third-order valence-corrected chi connectivity index (χ3v) is 5.53. The Morgan fingerprint density at radius 3 is 2.64 bits per heavy atom. The predicted octanol–water partition coefficient (Wildman–Crippen LogP) is 2.34. The number of nitrogens with zero attached hydrogens (tertiary/aromatic N) is 3. The van der Waals surface area contributed by atoms with Gasteiger partial charge in [-0.3, -0.25) is 9.48 Å². The molecule has 0 aliphatic carbocycles. The second-order valence-electron chi connectivity index (χ2n) is 5.57. The molecular formula is C16H15ClN4O3S. The van der Waals surface area contributed by atoms with Gasteiger partial charge in [0.05, 0.1) is 22.5 Å². The van der Waals surface area contributed by atoms with Crippen LogP contribution in [0.5, 0.6) is 0 Å². The topological polar surface area (TPSA) is 93.9 Å². The number of hydrogen-bond acceptors (Lipinski definition) is 5. The van der Waals surface area contributed by atoms with E-state index in [0.29, 0.717) is 16.4 Å². The Balaban J connectivity index is 1.78. The van der Waals surface area contributed by atoms with E-state index in [1.54, 1.807) is 17.8 Å². The highest BCUT2D eigenvalue weighted by Crippen LogP contribution is 2.20. The lowest BCUT2D eigenvalue weighted by molar-refractivity contribution is -0.113. The summed E-state index contributed by atoms with van der Waals surface area (Å²) in [7, 11) is -1.97. The van der Waals surface area contributed by atoms with E-state index in [9.17, 15) is 13.2 Å². The fourth-order valence-electron chi connectivity index (χ4n) is 2.47. The second-order valence-corrected chi connectivity index (χ2v) is 7.99. The molecule has 7 nitrogen and oxygen atoms in total. The highest BCUT2D eigenvalue weighted by molar-refractivity contribution is 7.92. The summed E-state index contributed by atoms with van der Waals surface area (Å²) >= 11 is 5.75. The zero-order valence-corrected chi connectivity index (χ0v) is 15.1. The molecule has 0 saturated heterocycles. The van der Waals surface area contributed by atoms with Crippen LogP contribution < -0.4 is 5.32 Å². The maximum absolute atomic E-state index is 12.3. The van der Waals surface area contributed by atoms with Crippen LogP contribution in [0.25, 0.3) is 11.0 Å². The van der Waals surface area contributed by atoms with Gasteiger partial charge in [-0.2, -0.15) is 5.10 Å². The molecule has 0 saturated carbocycles. The highest BCUT2D eigenvalue weighted by atomic mass is 35.5. The molecule has 0 radical (unpaired) electrons. The number of halogens is 1. The average molecular weight is 379 g/mol. The molecule has 3 aromatic rings. The number of aromatic nitrogens is 3. The number of rotatable bonds is 4. The largest absolute Gasteiger partial charge is 0.324 e. The number of carbonyl (C=O) groups is 1. The van der Waals surface area contributed by atoms with Crippen molar-refractivity contribution in [3.05, 3.63) is 47.2 Å². The zero-order valence-electron chi connectivity index (χ0n) is 13.5. The van der Waals surface area contributed by atoms with Crippen molar-refractivity contribution in [3.8, 4) is 0 Å². The van der Waals surface area contributed by atoms with Gasteiger partial charge >= 0.3 is 0 Å². The van der Waals surface area contributed by atoms with E-state index in [2.05, 4.69) is 15.4 Å². The molecule has 25 heavy (non-hydrogen) atoms. The van der Waals surface area contributed by atoms with E-state index >= 15 is 0 Å². The predicted molar refractivity (Wildman–Crippen MR) is 95.4 cm³/mol. The lowest BCUT2D eigenvalue weighted by atomic mass is 10.2.